The molecule has 3 heterocycles. The van der Waals surface area contributed by atoms with Gasteiger partial charge in [0.1, 0.15) is 5.65 Å². The van der Waals surface area contributed by atoms with Crippen molar-refractivity contribution in [3.8, 4) is 0 Å². The summed E-state index contributed by atoms with van der Waals surface area (Å²) in [6.07, 6.45) is 4.15. The van der Waals surface area contributed by atoms with Crippen LogP contribution in [0.15, 0.2) is 42.0 Å². The molecule has 102 valence electrons. The third kappa shape index (κ3) is 3.00. The van der Waals surface area contributed by atoms with Gasteiger partial charge in [0.25, 0.3) is 0 Å². The highest BCUT2D eigenvalue weighted by atomic mass is 35.5. The average Bonchev–Trinajstić information content (AvgIpc) is 3.04. The van der Waals surface area contributed by atoms with Crippen LogP contribution in [0, 0.1) is 0 Å². The lowest BCUT2D eigenvalue weighted by atomic mass is 10.3. The molecule has 3 aromatic heterocycles. The predicted octanol–water partition coefficient (Wildman–Crippen LogP) is 2.91. The molecular formula is C14H12ClN3OS. The first-order chi connectivity index (χ1) is 9.70. The lowest BCUT2D eigenvalue weighted by Gasteiger charge is -2.01. The maximum absolute atomic E-state index is 11.8. The van der Waals surface area contributed by atoms with Crippen LogP contribution in [0.3, 0.4) is 0 Å². The van der Waals surface area contributed by atoms with E-state index >= 15 is 0 Å². The van der Waals surface area contributed by atoms with E-state index in [9.17, 15) is 4.79 Å². The van der Waals surface area contributed by atoms with Crippen molar-refractivity contribution in [2.24, 2.45) is 0 Å². The van der Waals surface area contributed by atoms with Crippen molar-refractivity contribution in [2.75, 3.05) is 0 Å². The van der Waals surface area contributed by atoms with E-state index < -0.39 is 0 Å². The first-order valence-corrected chi connectivity index (χ1v) is 7.39. The van der Waals surface area contributed by atoms with Gasteiger partial charge in [-0.2, -0.15) is 0 Å². The maximum atomic E-state index is 11.8. The Hall–Kier alpha value is -1.85. The average molecular weight is 306 g/mol. The smallest absolute Gasteiger partial charge is 0.225 e. The number of fused-ring (bicyclic) bond motifs is 1. The van der Waals surface area contributed by atoms with Gasteiger partial charge in [-0.15, -0.1) is 11.3 Å². The zero-order valence-electron chi connectivity index (χ0n) is 10.5. The summed E-state index contributed by atoms with van der Waals surface area (Å²) in [7, 11) is 0. The number of aromatic nitrogens is 2. The molecule has 0 aliphatic carbocycles. The van der Waals surface area contributed by atoms with Crippen molar-refractivity contribution >= 4 is 34.5 Å². The number of hydrogen-bond donors (Lipinski definition) is 1. The number of thiophene rings is 1. The van der Waals surface area contributed by atoms with Crippen molar-refractivity contribution in [2.45, 2.75) is 13.0 Å². The summed E-state index contributed by atoms with van der Waals surface area (Å²) >= 11 is 7.50. The number of nitrogens with zero attached hydrogens (tertiary/aromatic N) is 2. The second-order valence-electron chi connectivity index (χ2n) is 4.38. The fourth-order valence-electron chi connectivity index (χ4n) is 1.92. The zero-order chi connectivity index (χ0) is 13.9. The van der Waals surface area contributed by atoms with Crippen LogP contribution >= 0.6 is 22.9 Å². The predicted molar refractivity (Wildman–Crippen MR) is 80.1 cm³/mol. The molecule has 0 aliphatic rings. The number of nitrogens with one attached hydrogen (secondary N) is 1. The van der Waals surface area contributed by atoms with Gasteiger partial charge in [-0.3, -0.25) is 4.79 Å². The molecule has 0 unspecified atom stereocenters. The Morgan fingerprint density at radius 3 is 3.15 bits per heavy atom. The monoisotopic (exact) mass is 305 g/mol. The van der Waals surface area contributed by atoms with Gasteiger partial charge in [-0.25, -0.2) is 4.98 Å². The lowest BCUT2D eigenvalue weighted by molar-refractivity contribution is -0.120. The maximum Gasteiger partial charge on any atom is 0.225 e. The van der Waals surface area contributed by atoms with E-state index in [1.54, 1.807) is 23.5 Å². The fourth-order valence-corrected chi connectivity index (χ4v) is 2.78. The van der Waals surface area contributed by atoms with Gasteiger partial charge in [0.15, 0.2) is 0 Å². The molecule has 4 nitrogen and oxygen atoms in total. The van der Waals surface area contributed by atoms with Gasteiger partial charge >= 0.3 is 0 Å². The molecule has 0 saturated carbocycles. The SMILES string of the molecule is O=C(Cc1cccs1)NCc1cn2ccc(Cl)cc2n1. The van der Waals surface area contributed by atoms with Crippen LogP contribution in [0.2, 0.25) is 5.02 Å². The normalized spacial score (nSPS) is 10.8. The minimum atomic E-state index is 0.00235. The first-order valence-electron chi connectivity index (χ1n) is 6.13. The summed E-state index contributed by atoms with van der Waals surface area (Å²) in [6.45, 7) is 0.420. The van der Waals surface area contributed by atoms with Gasteiger partial charge < -0.3 is 9.72 Å². The Morgan fingerprint density at radius 2 is 2.35 bits per heavy atom. The second kappa shape index (κ2) is 5.64. The van der Waals surface area contributed by atoms with E-state index in [4.69, 9.17) is 11.6 Å². The minimum absolute atomic E-state index is 0.00235. The van der Waals surface area contributed by atoms with Gasteiger partial charge in [0.05, 0.1) is 18.7 Å². The van der Waals surface area contributed by atoms with E-state index in [2.05, 4.69) is 10.3 Å². The van der Waals surface area contributed by atoms with Crippen LogP contribution in [0.5, 0.6) is 0 Å². The largest absolute Gasteiger partial charge is 0.350 e. The summed E-state index contributed by atoms with van der Waals surface area (Å²) in [5.41, 5.74) is 1.59. The molecule has 0 fully saturated rings. The lowest BCUT2D eigenvalue weighted by Crippen LogP contribution is -2.24. The van der Waals surface area contributed by atoms with E-state index in [0.717, 1.165) is 16.2 Å². The van der Waals surface area contributed by atoms with Gasteiger partial charge in [0, 0.05) is 22.3 Å². The Balaban J connectivity index is 1.63. The molecule has 0 saturated heterocycles. The number of carbonyl (C=O) groups excluding carboxylic acids is 1. The molecule has 0 aliphatic heterocycles. The van der Waals surface area contributed by atoms with E-state index in [1.807, 2.05) is 34.3 Å². The summed E-state index contributed by atoms with van der Waals surface area (Å²) in [5, 5.41) is 5.49. The number of carbonyl (C=O) groups is 1. The Bertz CT molecular complexity index is 736. The highest BCUT2D eigenvalue weighted by Crippen LogP contribution is 2.12. The second-order valence-corrected chi connectivity index (χ2v) is 5.84. The number of imidazole rings is 1. The minimum Gasteiger partial charge on any atom is -0.350 e. The quantitative estimate of drug-likeness (QED) is 0.805. The molecule has 3 rings (SSSR count). The Morgan fingerprint density at radius 1 is 1.45 bits per heavy atom. The molecule has 0 atom stereocenters. The third-order valence-corrected chi connectivity index (χ3v) is 3.97. The molecule has 20 heavy (non-hydrogen) atoms. The van der Waals surface area contributed by atoms with Crippen molar-refractivity contribution in [1.82, 2.24) is 14.7 Å². The van der Waals surface area contributed by atoms with Crippen LogP contribution in [0.25, 0.3) is 5.65 Å². The van der Waals surface area contributed by atoms with Crippen molar-refractivity contribution in [3.63, 3.8) is 0 Å². The van der Waals surface area contributed by atoms with Gasteiger partial charge in [-0.1, -0.05) is 17.7 Å². The van der Waals surface area contributed by atoms with Crippen LogP contribution in [0.4, 0.5) is 0 Å². The van der Waals surface area contributed by atoms with Gasteiger partial charge in [-0.05, 0) is 23.6 Å². The van der Waals surface area contributed by atoms with Crippen LogP contribution in [-0.4, -0.2) is 15.3 Å². The van der Waals surface area contributed by atoms with Crippen LogP contribution < -0.4 is 5.32 Å². The van der Waals surface area contributed by atoms with Crippen molar-refractivity contribution in [3.05, 3.63) is 57.6 Å². The summed E-state index contributed by atoms with van der Waals surface area (Å²) in [4.78, 5) is 17.3. The fraction of sp³-hybridized carbons (Fsp3) is 0.143. The standard InChI is InChI=1S/C14H12ClN3OS/c15-10-3-4-18-9-11(17-13(18)6-10)8-16-14(19)7-12-2-1-5-20-12/h1-6,9H,7-8H2,(H,16,19). The van der Waals surface area contributed by atoms with E-state index in [1.165, 1.54) is 0 Å². The zero-order valence-corrected chi connectivity index (χ0v) is 12.1. The topological polar surface area (TPSA) is 46.4 Å². The van der Waals surface area contributed by atoms with Crippen molar-refractivity contribution in [1.29, 1.82) is 0 Å². The molecular weight excluding hydrogens is 294 g/mol. The van der Waals surface area contributed by atoms with E-state index in [-0.39, 0.29) is 5.91 Å². The number of halogens is 1. The third-order valence-electron chi connectivity index (χ3n) is 2.85. The first kappa shape index (κ1) is 13.1. The highest BCUT2D eigenvalue weighted by molar-refractivity contribution is 7.10. The number of hydrogen-bond acceptors (Lipinski definition) is 3. The molecule has 0 bridgehead atoms. The number of rotatable bonds is 4. The van der Waals surface area contributed by atoms with E-state index in [0.29, 0.717) is 18.0 Å². The molecule has 0 spiro atoms. The Kier molecular flexibility index (Phi) is 3.71. The molecule has 0 radical (unpaired) electrons. The Labute approximate surface area is 125 Å². The van der Waals surface area contributed by atoms with Crippen molar-refractivity contribution < 1.29 is 4.79 Å². The molecule has 1 amide bonds. The van der Waals surface area contributed by atoms with Gasteiger partial charge in [0.2, 0.25) is 5.91 Å². The molecule has 0 aromatic carbocycles. The summed E-state index contributed by atoms with van der Waals surface area (Å²) in [5.74, 6) is 0.00235. The summed E-state index contributed by atoms with van der Waals surface area (Å²) < 4.78 is 1.88. The molecule has 6 heteroatoms. The number of amides is 1. The summed E-state index contributed by atoms with van der Waals surface area (Å²) in [6, 6.07) is 7.49. The van der Waals surface area contributed by atoms with Crippen LogP contribution in [0.1, 0.15) is 10.6 Å². The molecule has 1 N–H and O–H groups in total. The molecule has 3 aromatic rings. The number of pyridine rings is 1. The van der Waals surface area contributed by atoms with Crippen LogP contribution in [-0.2, 0) is 17.8 Å². The highest BCUT2D eigenvalue weighted by Gasteiger charge is 2.06.